The fraction of sp³-hybridized carbons (Fsp3) is 0.720. The van der Waals surface area contributed by atoms with Crippen molar-refractivity contribution in [1.82, 2.24) is 0 Å². The van der Waals surface area contributed by atoms with Crippen LogP contribution < -0.4 is 0 Å². The van der Waals surface area contributed by atoms with Crippen LogP contribution in [0, 0.1) is 43.8 Å². The van der Waals surface area contributed by atoms with E-state index in [1.807, 2.05) is 33.8 Å². The minimum Gasteiger partial charge on any atom is -0.297 e. The quantitative estimate of drug-likeness (QED) is 0.229. The molecular formula is C25H34N2O5. The summed E-state index contributed by atoms with van der Waals surface area (Å²) in [5.41, 5.74) is -3.73. The summed E-state index contributed by atoms with van der Waals surface area (Å²) in [7, 11) is 0. The maximum absolute atomic E-state index is 14.2. The number of allylic oxidation sites excluding steroid dienone is 4. The molecule has 0 aliphatic heterocycles. The van der Waals surface area contributed by atoms with Crippen molar-refractivity contribution in [2.24, 2.45) is 44.4 Å². The SMILES string of the molecule is CC(C)=CCC12C[C@H]3C(C)(C)[C@@H](C(C)(C)N=O)C[C@]3(C1=O)C(N=O)=C(C(=O)C(C)C)C2=O. The van der Waals surface area contributed by atoms with Gasteiger partial charge in [0, 0.05) is 5.92 Å². The normalized spacial score (nSPS) is 33.4. The molecule has 2 bridgehead atoms. The van der Waals surface area contributed by atoms with Gasteiger partial charge in [0.2, 0.25) is 0 Å². The number of nitroso groups, excluding NO2 is 2. The Morgan fingerprint density at radius 3 is 2.22 bits per heavy atom. The van der Waals surface area contributed by atoms with Crippen LogP contribution in [0.15, 0.2) is 33.3 Å². The third-order valence-electron chi connectivity index (χ3n) is 8.44. The van der Waals surface area contributed by atoms with Crippen molar-refractivity contribution in [2.75, 3.05) is 0 Å². The van der Waals surface area contributed by atoms with Crippen molar-refractivity contribution in [3.05, 3.63) is 32.7 Å². The minimum absolute atomic E-state index is 0.183. The first-order chi connectivity index (χ1) is 14.6. The lowest BCUT2D eigenvalue weighted by atomic mass is 9.61. The fourth-order valence-electron chi connectivity index (χ4n) is 6.81. The average Bonchev–Trinajstić information content (AvgIpc) is 3.06. The number of hydrogen-bond acceptors (Lipinski definition) is 7. The van der Waals surface area contributed by atoms with E-state index in [-0.39, 0.29) is 42.2 Å². The van der Waals surface area contributed by atoms with Gasteiger partial charge in [-0.15, -0.1) is 4.91 Å². The molecule has 0 radical (unpaired) electrons. The second-order valence-electron chi connectivity index (χ2n) is 11.6. The van der Waals surface area contributed by atoms with E-state index in [2.05, 4.69) is 10.4 Å². The van der Waals surface area contributed by atoms with E-state index >= 15 is 0 Å². The van der Waals surface area contributed by atoms with Gasteiger partial charge in [0.05, 0.1) is 16.4 Å². The standard InChI is InChI=1S/C25H34N2O5/c1-13(2)9-10-24-11-16-22(5,6)15(23(7,8)27-32)12-25(16,21(24)30)19(26-31)17(20(24)29)18(28)14(3)4/h9,14-16H,10-12H2,1-8H3/t15-,16-,24?,25+/m0/s1. The molecule has 0 heterocycles. The zero-order valence-electron chi connectivity index (χ0n) is 20.4. The van der Waals surface area contributed by atoms with Crippen molar-refractivity contribution >= 4 is 17.3 Å². The third kappa shape index (κ3) is 2.88. The molecular weight excluding hydrogens is 408 g/mol. The third-order valence-corrected chi connectivity index (χ3v) is 8.44. The van der Waals surface area contributed by atoms with Crippen molar-refractivity contribution in [1.29, 1.82) is 0 Å². The van der Waals surface area contributed by atoms with E-state index in [0.29, 0.717) is 0 Å². The van der Waals surface area contributed by atoms with Crippen LogP contribution in [0.25, 0.3) is 0 Å². The molecule has 1 spiro atoms. The maximum Gasteiger partial charge on any atom is 0.182 e. The number of nitrogens with zero attached hydrogens (tertiary/aromatic N) is 2. The Labute approximate surface area is 189 Å². The van der Waals surface area contributed by atoms with Gasteiger partial charge in [-0.3, -0.25) is 14.4 Å². The number of carbonyl (C=O) groups is 3. The molecule has 0 aromatic rings. The molecule has 0 aromatic carbocycles. The molecule has 3 aliphatic carbocycles. The molecule has 3 aliphatic rings. The molecule has 4 atom stereocenters. The predicted molar refractivity (Wildman–Crippen MR) is 121 cm³/mol. The zero-order valence-corrected chi connectivity index (χ0v) is 20.4. The van der Waals surface area contributed by atoms with Gasteiger partial charge in [-0.2, -0.15) is 4.91 Å². The summed E-state index contributed by atoms with van der Waals surface area (Å²) in [6, 6.07) is 0. The van der Waals surface area contributed by atoms with Gasteiger partial charge in [-0.25, -0.2) is 0 Å². The van der Waals surface area contributed by atoms with Crippen LogP contribution in [-0.2, 0) is 14.4 Å². The number of hydrogen-bond donors (Lipinski definition) is 0. The summed E-state index contributed by atoms with van der Waals surface area (Å²) in [5.74, 6) is -2.56. The van der Waals surface area contributed by atoms with Crippen LogP contribution >= 0.6 is 0 Å². The van der Waals surface area contributed by atoms with Gasteiger partial charge in [-0.05, 0) is 69.4 Å². The van der Waals surface area contributed by atoms with Crippen LogP contribution in [-0.4, -0.2) is 22.9 Å². The zero-order chi connectivity index (χ0) is 24.4. The Morgan fingerprint density at radius 1 is 1.16 bits per heavy atom. The van der Waals surface area contributed by atoms with Gasteiger partial charge < -0.3 is 0 Å². The van der Waals surface area contributed by atoms with Gasteiger partial charge in [-0.1, -0.05) is 44.5 Å². The topological polar surface area (TPSA) is 110 Å². The van der Waals surface area contributed by atoms with Crippen LogP contribution in [0.2, 0.25) is 0 Å². The molecule has 0 N–H and O–H groups in total. The number of rotatable bonds is 7. The van der Waals surface area contributed by atoms with E-state index in [9.17, 15) is 24.2 Å². The molecule has 0 amide bonds. The highest BCUT2D eigenvalue weighted by Crippen LogP contribution is 2.74. The predicted octanol–water partition coefficient (Wildman–Crippen LogP) is 5.32. The molecule has 0 saturated heterocycles. The largest absolute Gasteiger partial charge is 0.297 e. The number of carbonyl (C=O) groups excluding carboxylic acids is 3. The fourth-order valence-corrected chi connectivity index (χ4v) is 6.81. The van der Waals surface area contributed by atoms with Crippen LogP contribution in [0.1, 0.15) is 74.7 Å². The number of ketones is 3. The van der Waals surface area contributed by atoms with E-state index < -0.39 is 45.2 Å². The Hall–Kier alpha value is -2.31. The highest BCUT2D eigenvalue weighted by molar-refractivity contribution is 6.32. The summed E-state index contributed by atoms with van der Waals surface area (Å²) in [6.07, 6.45) is 2.48. The Kier molecular flexibility index (Phi) is 5.59. The molecule has 0 aromatic heterocycles. The summed E-state index contributed by atoms with van der Waals surface area (Å²) < 4.78 is 0. The molecule has 3 rings (SSSR count). The lowest BCUT2D eigenvalue weighted by Gasteiger charge is -2.40. The van der Waals surface area contributed by atoms with Crippen molar-refractivity contribution < 1.29 is 14.4 Å². The van der Waals surface area contributed by atoms with Crippen molar-refractivity contribution in [3.8, 4) is 0 Å². The van der Waals surface area contributed by atoms with E-state index in [4.69, 9.17) is 0 Å². The summed E-state index contributed by atoms with van der Waals surface area (Å²) in [5, 5.41) is 6.57. The maximum atomic E-state index is 14.2. The van der Waals surface area contributed by atoms with Crippen LogP contribution in [0.5, 0.6) is 0 Å². The van der Waals surface area contributed by atoms with Gasteiger partial charge in [0.1, 0.15) is 11.2 Å². The molecule has 174 valence electrons. The highest BCUT2D eigenvalue weighted by Gasteiger charge is 2.78. The molecule has 2 fully saturated rings. The van der Waals surface area contributed by atoms with Crippen LogP contribution in [0.3, 0.4) is 0 Å². The lowest BCUT2D eigenvalue weighted by Crippen LogP contribution is -2.49. The number of Topliss-reactive ketones (excluding diaryl/α,β-unsaturated/α-hetero) is 3. The summed E-state index contributed by atoms with van der Waals surface area (Å²) >= 11 is 0. The first-order valence-electron chi connectivity index (χ1n) is 11.3. The second kappa shape index (κ2) is 7.35. The lowest BCUT2D eigenvalue weighted by molar-refractivity contribution is -0.142. The summed E-state index contributed by atoms with van der Waals surface area (Å²) in [4.78, 5) is 65.2. The molecule has 2 saturated carbocycles. The van der Waals surface area contributed by atoms with Crippen molar-refractivity contribution in [2.45, 2.75) is 80.2 Å². The first kappa shape index (κ1) is 24.3. The average molecular weight is 443 g/mol. The summed E-state index contributed by atoms with van der Waals surface area (Å²) in [6.45, 7) is 14.5. The van der Waals surface area contributed by atoms with Gasteiger partial charge in [0.25, 0.3) is 0 Å². The van der Waals surface area contributed by atoms with E-state index in [1.165, 1.54) is 0 Å². The Balaban J connectivity index is 2.38. The molecule has 7 heteroatoms. The Bertz CT molecular complexity index is 982. The van der Waals surface area contributed by atoms with Crippen molar-refractivity contribution in [3.63, 3.8) is 0 Å². The second-order valence-corrected chi connectivity index (χ2v) is 11.6. The van der Waals surface area contributed by atoms with Gasteiger partial charge >= 0.3 is 0 Å². The molecule has 1 unspecified atom stereocenters. The minimum atomic E-state index is -1.38. The molecule has 7 nitrogen and oxygen atoms in total. The number of fused-ring (bicyclic) bond motifs is 1. The van der Waals surface area contributed by atoms with E-state index in [1.54, 1.807) is 27.7 Å². The smallest absolute Gasteiger partial charge is 0.182 e. The Morgan fingerprint density at radius 2 is 1.75 bits per heavy atom. The molecule has 32 heavy (non-hydrogen) atoms. The first-order valence-corrected chi connectivity index (χ1v) is 11.3. The van der Waals surface area contributed by atoms with Crippen LogP contribution in [0.4, 0.5) is 0 Å². The monoisotopic (exact) mass is 442 g/mol. The van der Waals surface area contributed by atoms with Gasteiger partial charge in [0.15, 0.2) is 17.3 Å². The highest BCUT2D eigenvalue weighted by atomic mass is 16.3. The van der Waals surface area contributed by atoms with E-state index in [0.717, 1.165) is 5.57 Å².